The second-order valence-corrected chi connectivity index (χ2v) is 4.59. The maximum atomic E-state index is 12.7. The summed E-state index contributed by atoms with van der Waals surface area (Å²) in [5.74, 6) is 0.500. The Morgan fingerprint density at radius 2 is 1.73 bits per heavy atom. The summed E-state index contributed by atoms with van der Waals surface area (Å²) < 4.78 is 44.4. The Morgan fingerprint density at radius 3 is 2.27 bits per heavy atom. The summed E-state index contributed by atoms with van der Waals surface area (Å²) >= 11 is 5.59. The highest BCUT2D eigenvalue weighted by molar-refractivity contribution is 7.86. The first kappa shape index (κ1) is 10.5. The predicted octanol–water partition coefficient (Wildman–Crippen LogP) is 1.77. The van der Waals surface area contributed by atoms with Gasteiger partial charge in [0.15, 0.2) is 11.5 Å². The first-order chi connectivity index (χ1) is 6.98. The lowest BCUT2D eigenvalue weighted by atomic mass is 10.3. The average molecular weight is 253 g/mol. The molecule has 15 heavy (non-hydrogen) atoms. The highest BCUT2D eigenvalue weighted by Gasteiger charge is 2.22. The number of fused-ring (bicyclic) bond motifs is 1. The van der Waals surface area contributed by atoms with Crippen LogP contribution >= 0.6 is 11.6 Å². The van der Waals surface area contributed by atoms with Gasteiger partial charge in [0, 0.05) is 12.1 Å². The van der Waals surface area contributed by atoms with Crippen LogP contribution in [0.1, 0.15) is 0 Å². The van der Waals surface area contributed by atoms with E-state index >= 15 is 0 Å². The number of rotatable bonds is 1. The van der Waals surface area contributed by atoms with E-state index in [1.54, 1.807) is 0 Å². The van der Waals surface area contributed by atoms with Gasteiger partial charge >= 0.3 is 10.2 Å². The minimum atomic E-state index is -4.83. The molecule has 0 amide bonds. The predicted molar refractivity (Wildman–Crippen MR) is 50.7 cm³/mol. The number of hydrogen-bond acceptors (Lipinski definition) is 4. The maximum Gasteiger partial charge on any atom is 0.333 e. The van der Waals surface area contributed by atoms with Gasteiger partial charge < -0.3 is 9.47 Å². The maximum absolute atomic E-state index is 12.7. The number of benzene rings is 1. The van der Waals surface area contributed by atoms with Crippen molar-refractivity contribution < 1.29 is 21.8 Å². The highest BCUT2D eigenvalue weighted by atomic mass is 35.5. The number of ether oxygens (including phenoxy) is 2. The summed E-state index contributed by atoms with van der Waals surface area (Å²) in [5.41, 5.74) is 0. The molecule has 0 unspecified atom stereocenters. The van der Waals surface area contributed by atoms with E-state index in [-0.39, 0.29) is 10.8 Å². The summed E-state index contributed by atoms with van der Waals surface area (Å²) in [6.07, 6.45) is 0. The van der Waals surface area contributed by atoms with Crippen molar-refractivity contribution in [3.05, 3.63) is 17.2 Å². The van der Waals surface area contributed by atoms with Gasteiger partial charge in [0.05, 0.1) is 5.02 Å². The zero-order valence-corrected chi connectivity index (χ0v) is 8.94. The smallest absolute Gasteiger partial charge is 0.333 e. The molecule has 1 aliphatic rings. The lowest BCUT2D eigenvalue weighted by molar-refractivity contribution is 0.171. The fourth-order valence-electron chi connectivity index (χ4n) is 1.23. The Hall–Kier alpha value is -1.01. The van der Waals surface area contributed by atoms with E-state index in [1.165, 1.54) is 6.07 Å². The van der Waals surface area contributed by atoms with Crippen molar-refractivity contribution in [3.63, 3.8) is 0 Å². The molecule has 0 saturated heterocycles. The van der Waals surface area contributed by atoms with E-state index < -0.39 is 15.1 Å². The number of hydrogen-bond donors (Lipinski definition) is 0. The standard InChI is InChI=1S/C8H6ClFO4S/c9-5-3-6-7(14-2-1-13-6)4-8(5)15(10,11)12/h3-4H,1-2H2. The van der Waals surface area contributed by atoms with Crippen molar-refractivity contribution in [2.24, 2.45) is 0 Å². The van der Waals surface area contributed by atoms with E-state index in [1.807, 2.05) is 0 Å². The second kappa shape index (κ2) is 3.53. The monoisotopic (exact) mass is 252 g/mol. The lowest BCUT2D eigenvalue weighted by Crippen LogP contribution is -2.15. The molecule has 1 heterocycles. The van der Waals surface area contributed by atoms with Crippen molar-refractivity contribution in [2.75, 3.05) is 13.2 Å². The third kappa shape index (κ3) is 2.00. The quantitative estimate of drug-likeness (QED) is 0.715. The summed E-state index contributed by atoms with van der Waals surface area (Å²) in [6.45, 7) is 0.644. The van der Waals surface area contributed by atoms with E-state index in [4.69, 9.17) is 21.1 Å². The van der Waals surface area contributed by atoms with Crippen molar-refractivity contribution in [1.29, 1.82) is 0 Å². The van der Waals surface area contributed by atoms with Crippen molar-refractivity contribution >= 4 is 21.8 Å². The molecule has 82 valence electrons. The van der Waals surface area contributed by atoms with Gasteiger partial charge in [-0.2, -0.15) is 8.42 Å². The molecular formula is C8H6ClFO4S. The van der Waals surface area contributed by atoms with E-state index in [0.717, 1.165) is 6.07 Å². The number of halogens is 2. The lowest BCUT2D eigenvalue weighted by Gasteiger charge is -2.18. The van der Waals surface area contributed by atoms with Crippen LogP contribution in [0.4, 0.5) is 3.89 Å². The van der Waals surface area contributed by atoms with Gasteiger partial charge in [-0.1, -0.05) is 11.6 Å². The molecule has 1 aromatic carbocycles. The van der Waals surface area contributed by atoms with Crippen molar-refractivity contribution in [1.82, 2.24) is 0 Å². The Morgan fingerprint density at radius 1 is 1.20 bits per heavy atom. The molecule has 0 N–H and O–H groups in total. The summed E-state index contributed by atoms with van der Waals surface area (Å²) in [6, 6.07) is 2.24. The molecule has 0 bridgehead atoms. The molecule has 0 radical (unpaired) electrons. The van der Waals surface area contributed by atoms with E-state index in [2.05, 4.69) is 0 Å². The normalized spacial score (nSPS) is 15.1. The van der Waals surface area contributed by atoms with E-state index in [9.17, 15) is 12.3 Å². The van der Waals surface area contributed by atoms with Gasteiger partial charge in [-0.15, -0.1) is 3.89 Å². The van der Waals surface area contributed by atoms with Crippen molar-refractivity contribution in [2.45, 2.75) is 4.90 Å². The summed E-state index contributed by atoms with van der Waals surface area (Å²) in [4.78, 5) is -0.603. The zero-order valence-electron chi connectivity index (χ0n) is 7.37. The van der Waals surface area contributed by atoms with Crippen LogP contribution in [0.2, 0.25) is 5.02 Å². The minimum absolute atomic E-state index is 0.182. The van der Waals surface area contributed by atoms with Crippen LogP contribution < -0.4 is 9.47 Å². The van der Waals surface area contributed by atoms with Crippen molar-refractivity contribution in [3.8, 4) is 11.5 Å². The summed E-state index contributed by atoms with van der Waals surface area (Å²) in [5, 5.41) is -0.221. The van der Waals surface area contributed by atoms with Gasteiger partial charge in [0.1, 0.15) is 18.1 Å². The fourth-order valence-corrected chi connectivity index (χ4v) is 2.20. The molecular weight excluding hydrogens is 247 g/mol. The van der Waals surface area contributed by atoms with E-state index in [0.29, 0.717) is 19.0 Å². The van der Waals surface area contributed by atoms with Crippen LogP contribution in [0, 0.1) is 0 Å². The topological polar surface area (TPSA) is 52.6 Å². The van der Waals surface area contributed by atoms with Crippen LogP contribution in [0.25, 0.3) is 0 Å². The van der Waals surface area contributed by atoms with Crippen LogP contribution in [0.3, 0.4) is 0 Å². The molecule has 4 nitrogen and oxygen atoms in total. The molecule has 7 heteroatoms. The van der Waals surface area contributed by atoms with Gasteiger partial charge in [-0.3, -0.25) is 0 Å². The third-order valence-electron chi connectivity index (χ3n) is 1.86. The first-order valence-corrected chi connectivity index (χ1v) is 5.78. The molecule has 1 aromatic rings. The molecule has 0 aromatic heterocycles. The largest absolute Gasteiger partial charge is 0.486 e. The van der Waals surface area contributed by atoms with Gasteiger partial charge in [-0.25, -0.2) is 0 Å². The van der Waals surface area contributed by atoms with Crippen LogP contribution in [-0.4, -0.2) is 21.6 Å². The molecule has 2 rings (SSSR count). The Bertz CT molecular complexity index is 500. The van der Waals surface area contributed by atoms with Crippen LogP contribution in [0.5, 0.6) is 11.5 Å². The zero-order chi connectivity index (χ0) is 11.1. The Labute approximate surface area is 90.8 Å². The molecule has 0 fully saturated rings. The van der Waals surface area contributed by atoms with Gasteiger partial charge in [-0.05, 0) is 0 Å². The second-order valence-electron chi connectivity index (χ2n) is 2.86. The average Bonchev–Trinajstić information content (AvgIpc) is 2.15. The Balaban J connectivity index is 2.60. The SMILES string of the molecule is O=S(=O)(F)c1cc2c(cc1Cl)OCCO2. The minimum Gasteiger partial charge on any atom is -0.486 e. The highest BCUT2D eigenvalue weighted by Crippen LogP contribution is 2.37. The van der Waals surface area contributed by atoms with Gasteiger partial charge in [0.25, 0.3) is 0 Å². The van der Waals surface area contributed by atoms with Crippen LogP contribution in [0.15, 0.2) is 17.0 Å². The Kier molecular flexibility index (Phi) is 2.47. The molecule has 0 spiro atoms. The summed E-state index contributed by atoms with van der Waals surface area (Å²) in [7, 11) is -4.83. The molecule has 0 saturated carbocycles. The molecule has 0 atom stereocenters. The fraction of sp³-hybridized carbons (Fsp3) is 0.250. The molecule has 1 aliphatic heterocycles. The van der Waals surface area contributed by atoms with Crippen LogP contribution in [-0.2, 0) is 10.2 Å². The molecule has 0 aliphatic carbocycles. The first-order valence-electron chi connectivity index (χ1n) is 4.02. The third-order valence-corrected chi connectivity index (χ3v) is 3.15. The van der Waals surface area contributed by atoms with Gasteiger partial charge in [0.2, 0.25) is 0 Å².